The van der Waals surface area contributed by atoms with E-state index in [4.69, 9.17) is 5.10 Å². The van der Waals surface area contributed by atoms with Crippen LogP contribution in [0.2, 0.25) is 0 Å². The molecule has 2 aromatic heterocycles. The highest BCUT2D eigenvalue weighted by atomic mass is 32.2. The highest BCUT2D eigenvalue weighted by Gasteiger charge is 2.34. The van der Waals surface area contributed by atoms with Crippen LogP contribution < -0.4 is 10.6 Å². The zero-order valence-electron chi connectivity index (χ0n) is 19.2. The molecule has 9 heteroatoms. The number of thioether (sulfide) groups is 1. The number of halogens is 1. The van der Waals surface area contributed by atoms with E-state index in [-0.39, 0.29) is 11.7 Å². The van der Waals surface area contributed by atoms with Gasteiger partial charge >= 0.3 is 0 Å². The van der Waals surface area contributed by atoms with Crippen molar-refractivity contribution in [3.63, 3.8) is 0 Å². The average Bonchev–Trinajstić information content (AvgIpc) is 3.26. The molecule has 2 N–H and O–H groups in total. The van der Waals surface area contributed by atoms with Crippen molar-refractivity contribution >= 4 is 29.3 Å². The fourth-order valence-electron chi connectivity index (χ4n) is 3.94. The summed E-state index contributed by atoms with van der Waals surface area (Å²) in [4.78, 5) is 22.1. The topological polar surface area (TPSA) is 84.7 Å². The molecule has 35 heavy (non-hydrogen) atoms. The summed E-state index contributed by atoms with van der Waals surface area (Å²) in [5.41, 5.74) is 4.42. The number of fused-ring (bicyclic) bond motifs is 1. The predicted octanol–water partition coefficient (Wildman–Crippen LogP) is 5.34. The Hall–Kier alpha value is -3.98. The number of carbonyl (C=O) groups is 1. The first-order valence-corrected chi connectivity index (χ1v) is 12.1. The van der Waals surface area contributed by atoms with Gasteiger partial charge in [0.1, 0.15) is 11.9 Å². The smallest absolute Gasteiger partial charge is 0.255 e. The number of aryl methyl sites for hydroxylation is 1. The van der Waals surface area contributed by atoms with Crippen LogP contribution in [0.3, 0.4) is 0 Å². The molecule has 0 fully saturated rings. The van der Waals surface area contributed by atoms with Gasteiger partial charge < -0.3 is 10.6 Å². The molecule has 0 saturated carbocycles. The van der Waals surface area contributed by atoms with Crippen LogP contribution in [0.1, 0.15) is 29.7 Å². The van der Waals surface area contributed by atoms with Gasteiger partial charge in [-0.2, -0.15) is 4.98 Å². The lowest BCUT2D eigenvalue weighted by molar-refractivity contribution is -0.113. The van der Waals surface area contributed by atoms with E-state index < -0.39 is 6.04 Å². The van der Waals surface area contributed by atoms with Gasteiger partial charge in [-0.15, -0.1) is 5.10 Å². The molecular formula is C26H23FN6OS. The average molecular weight is 487 g/mol. The van der Waals surface area contributed by atoms with Crippen molar-refractivity contribution in [3.05, 3.63) is 107 Å². The number of anilines is 2. The van der Waals surface area contributed by atoms with Crippen molar-refractivity contribution in [2.45, 2.75) is 30.8 Å². The fourth-order valence-corrected chi connectivity index (χ4v) is 4.75. The number of aromatic nitrogens is 4. The number of benzene rings is 2. The Bertz CT molecular complexity index is 1400. The minimum Gasteiger partial charge on any atom is -0.328 e. The summed E-state index contributed by atoms with van der Waals surface area (Å²) in [6.45, 7) is 3.87. The molecule has 176 valence electrons. The van der Waals surface area contributed by atoms with Crippen molar-refractivity contribution in [2.75, 3.05) is 10.6 Å². The number of carbonyl (C=O) groups excluding carboxylic acids is 1. The largest absolute Gasteiger partial charge is 0.328 e. The van der Waals surface area contributed by atoms with Crippen LogP contribution in [0, 0.1) is 12.7 Å². The van der Waals surface area contributed by atoms with Crippen LogP contribution in [-0.2, 0) is 10.5 Å². The number of pyridine rings is 1. The number of hydrogen-bond donors (Lipinski definition) is 2. The Kier molecular flexibility index (Phi) is 6.33. The summed E-state index contributed by atoms with van der Waals surface area (Å²) in [6.07, 6.45) is 3.25. The first kappa shape index (κ1) is 22.8. The molecule has 3 heterocycles. The van der Waals surface area contributed by atoms with E-state index in [1.165, 1.54) is 17.8 Å². The Morgan fingerprint density at radius 2 is 1.91 bits per heavy atom. The monoisotopic (exact) mass is 486 g/mol. The Morgan fingerprint density at radius 3 is 2.66 bits per heavy atom. The Labute approximate surface area is 206 Å². The first-order chi connectivity index (χ1) is 17.0. The Balaban J connectivity index is 1.49. The first-order valence-electron chi connectivity index (χ1n) is 11.1. The summed E-state index contributed by atoms with van der Waals surface area (Å²) in [5, 5.41) is 11.4. The molecule has 2 aromatic carbocycles. The number of hydrogen-bond acceptors (Lipinski definition) is 6. The van der Waals surface area contributed by atoms with Crippen LogP contribution in [0.15, 0.2) is 89.5 Å². The number of nitrogens with zero attached hydrogens (tertiary/aromatic N) is 4. The molecule has 0 bridgehead atoms. The molecule has 0 aliphatic carbocycles. The van der Waals surface area contributed by atoms with Crippen molar-refractivity contribution in [1.29, 1.82) is 0 Å². The summed E-state index contributed by atoms with van der Waals surface area (Å²) in [6, 6.07) is 17.7. The van der Waals surface area contributed by atoms with Crippen molar-refractivity contribution in [3.8, 4) is 0 Å². The van der Waals surface area contributed by atoms with Gasteiger partial charge in [-0.1, -0.05) is 59.8 Å². The van der Waals surface area contributed by atoms with E-state index in [1.807, 2.05) is 38.1 Å². The van der Waals surface area contributed by atoms with E-state index in [1.54, 1.807) is 47.4 Å². The summed E-state index contributed by atoms with van der Waals surface area (Å²) < 4.78 is 15.8. The van der Waals surface area contributed by atoms with Crippen LogP contribution in [0.5, 0.6) is 0 Å². The molecule has 1 amide bonds. The van der Waals surface area contributed by atoms with E-state index in [2.05, 4.69) is 20.6 Å². The van der Waals surface area contributed by atoms with Gasteiger partial charge in [-0.05, 0) is 43.2 Å². The molecular weight excluding hydrogens is 463 g/mol. The second-order valence-corrected chi connectivity index (χ2v) is 9.16. The van der Waals surface area contributed by atoms with E-state index in [9.17, 15) is 9.18 Å². The molecule has 0 radical (unpaired) electrons. The van der Waals surface area contributed by atoms with Crippen LogP contribution >= 0.6 is 11.8 Å². The molecule has 5 rings (SSSR count). The fraction of sp³-hybridized carbons (Fsp3) is 0.154. The maximum Gasteiger partial charge on any atom is 0.255 e. The van der Waals surface area contributed by atoms with Crippen molar-refractivity contribution < 1.29 is 9.18 Å². The molecule has 1 atom stereocenters. The van der Waals surface area contributed by atoms with Gasteiger partial charge in [0.2, 0.25) is 11.1 Å². The highest BCUT2D eigenvalue weighted by molar-refractivity contribution is 7.98. The third kappa shape index (κ3) is 4.81. The van der Waals surface area contributed by atoms with Gasteiger partial charge in [0.15, 0.2) is 0 Å². The van der Waals surface area contributed by atoms with E-state index in [0.29, 0.717) is 39.4 Å². The molecule has 1 aliphatic heterocycles. The minimum atomic E-state index is -0.487. The van der Waals surface area contributed by atoms with E-state index >= 15 is 0 Å². The third-order valence-electron chi connectivity index (χ3n) is 5.70. The second kappa shape index (κ2) is 9.71. The van der Waals surface area contributed by atoms with Crippen molar-refractivity contribution in [1.82, 2.24) is 19.7 Å². The molecule has 0 unspecified atom stereocenters. The zero-order chi connectivity index (χ0) is 24.4. The minimum absolute atomic E-state index is 0.254. The summed E-state index contributed by atoms with van der Waals surface area (Å²) in [7, 11) is 0. The quantitative estimate of drug-likeness (QED) is 0.358. The van der Waals surface area contributed by atoms with Crippen molar-refractivity contribution in [2.24, 2.45) is 0 Å². The van der Waals surface area contributed by atoms with Gasteiger partial charge in [0, 0.05) is 17.6 Å². The second-order valence-electron chi connectivity index (χ2n) is 8.22. The molecule has 1 aliphatic rings. The zero-order valence-corrected chi connectivity index (χ0v) is 20.0. The standard InChI is InChI=1S/C26H23FN6OS/c1-16-9-11-18(12-10-16)23-22(24(34)30-20-7-5-13-28-14-20)17(2)29-25-31-26(32-33(23)25)35-15-19-6-3-4-8-21(19)27/h3-14,23H,15H2,1-2H3,(H,30,34)(H,29,31,32)/t23-/m1/s1. The lowest BCUT2D eigenvalue weighted by Crippen LogP contribution is -2.31. The third-order valence-corrected chi connectivity index (χ3v) is 6.59. The number of allylic oxidation sites excluding steroid dienone is 1. The van der Waals surface area contributed by atoms with Gasteiger partial charge in [-0.25, -0.2) is 9.07 Å². The maximum absolute atomic E-state index is 14.1. The lowest BCUT2D eigenvalue weighted by Gasteiger charge is -2.28. The molecule has 4 aromatic rings. The van der Waals surface area contributed by atoms with E-state index in [0.717, 1.165) is 11.1 Å². The highest BCUT2D eigenvalue weighted by Crippen LogP contribution is 2.37. The summed E-state index contributed by atoms with van der Waals surface area (Å²) in [5.74, 6) is 0.412. The normalized spacial score (nSPS) is 14.9. The van der Waals surface area contributed by atoms with Crippen LogP contribution in [-0.4, -0.2) is 25.7 Å². The predicted molar refractivity (Wildman–Crippen MR) is 134 cm³/mol. The maximum atomic E-state index is 14.1. The van der Waals surface area contributed by atoms with Gasteiger partial charge in [0.05, 0.1) is 17.5 Å². The number of rotatable bonds is 6. The number of nitrogens with one attached hydrogen (secondary N) is 2. The molecule has 0 spiro atoms. The SMILES string of the molecule is CC1=C(C(=O)Nc2cccnc2)[C@@H](c2ccc(C)cc2)n2nc(SCc3ccccc3F)nc2N1. The molecule has 0 saturated heterocycles. The van der Waals surface area contributed by atoms with Gasteiger partial charge in [-0.3, -0.25) is 9.78 Å². The summed E-state index contributed by atoms with van der Waals surface area (Å²) >= 11 is 1.34. The lowest BCUT2D eigenvalue weighted by atomic mass is 9.94. The Morgan fingerprint density at radius 1 is 1.11 bits per heavy atom. The number of amides is 1. The van der Waals surface area contributed by atoms with Crippen LogP contribution in [0.4, 0.5) is 16.0 Å². The molecule has 7 nitrogen and oxygen atoms in total. The van der Waals surface area contributed by atoms with Gasteiger partial charge in [0.25, 0.3) is 5.91 Å². The van der Waals surface area contributed by atoms with Crippen LogP contribution in [0.25, 0.3) is 0 Å².